The fraction of sp³-hybridized carbons (Fsp3) is 0. The topological polar surface area (TPSA) is 85.4 Å². The Morgan fingerprint density at radius 1 is 1.00 bits per heavy atom. The van der Waals surface area contributed by atoms with Crippen molar-refractivity contribution in [2.45, 2.75) is 9.79 Å². The number of rotatable bonds is 4. The highest BCUT2D eigenvalue weighted by Gasteiger charge is 2.18. The van der Waals surface area contributed by atoms with Crippen LogP contribution in [0.4, 0.5) is 14.9 Å². The summed E-state index contributed by atoms with van der Waals surface area (Å²) in [6.45, 7) is 0. The van der Waals surface area contributed by atoms with Crippen LogP contribution in [0, 0.1) is 5.82 Å². The molecule has 0 aliphatic carbocycles. The second-order valence-corrected chi connectivity index (χ2v) is 7.32. The van der Waals surface area contributed by atoms with Crippen LogP contribution in [0.2, 0.25) is 0 Å². The molecule has 3 aromatic carbocycles. The maximum absolute atomic E-state index is 13.7. The van der Waals surface area contributed by atoms with Crippen LogP contribution in [0.1, 0.15) is 0 Å². The molecule has 7 heteroatoms. The van der Waals surface area contributed by atoms with Crippen LogP contribution in [-0.2, 0) is 0 Å². The Bertz CT molecular complexity index is 1200. The molecule has 0 saturated heterocycles. The smallest absolute Gasteiger partial charge is 0.449 e. The van der Waals surface area contributed by atoms with Crippen LogP contribution in [0.5, 0.6) is 5.75 Å². The molecule has 0 aliphatic heterocycles. The molecule has 0 bridgehead atoms. The maximum Gasteiger partial charge on any atom is 0.511 e. The molecule has 1 heterocycles. The van der Waals surface area contributed by atoms with Crippen molar-refractivity contribution in [3.05, 3.63) is 78.6 Å². The lowest BCUT2D eigenvalue weighted by Gasteiger charge is -2.13. The van der Waals surface area contributed by atoms with Crippen molar-refractivity contribution in [2.75, 3.05) is 5.73 Å². The van der Waals surface area contributed by atoms with Crippen molar-refractivity contribution < 1.29 is 19.0 Å². The second kappa shape index (κ2) is 7.81. The summed E-state index contributed by atoms with van der Waals surface area (Å²) in [7, 11) is 0. The molecule has 0 amide bonds. The molecule has 5 nitrogen and oxygen atoms in total. The summed E-state index contributed by atoms with van der Waals surface area (Å²) in [4.78, 5) is 17.8. The average Bonchev–Trinajstić information content (AvgIpc) is 2.71. The lowest BCUT2D eigenvalue weighted by atomic mass is 10.1. The van der Waals surface area contributed by atoms with Crippen LogP contribution in [0.15, 0.2) is 82.6 Å². The van der Waals surface area contributed by atoms with Gasteiger partial charge in [-0.05, 0) is 42.5 Å². The molecule has 4 aromatic rings. The number of ether oxygens (including phenoxy) is 1. The minimum absolute atomic E-state index is 0.0361. The normalized spacial score (nSPS) is 10.8. The first-order valence-corrected chi connectivity index (χ1v) is 9.46. The lowest BCUT2D eigenvalue weighted by molar-refractivity contribution is 0.145. The molecule has 4 rings (SSSR count). The molecule has 0 spiro atoms. The molecular formula is C22H15FN2O3S. The van der Waals surface area contributed by atoms with E-state index in [4.69, 9.17) is 15.6 Å². The SMILES string of the molecule is Nc1c(-c2ccc(Sc3ccccc3)cc2)nc2ccc(F)cc2c1OC(=O)O. The van der Waals surface area contributed by atoms with Crippen LogP contribution in [-0.4, -0.2) is 16.2 Å². The number of pyridine rings is 1. The standard InChI is InChI=1S/C22H15FN2O3S/c23-14-8-11-18-17(12-14)21(28-22(26)27)19(24)20(25-18)13-6-9-16(10-7-13)29-15-4-2-1-3-5-15/h1-12H,24H2,(H,26,27). The summed E-state index contributed by atoms with van der Waals surface area (Å²) in [5.41, 5.74) is 7.65. The van der Waals surface area contributed by atoms with Gasteiger partial charge in [0.15, 0.2) is 5.75 Å². The minimum atomic E-state index is -1.53. The van der Waals surface area contributed by atoms with E-state index >= 15 is 0 Å². The van der Waals surface area contributed by atoms with Gasteiger partial charge < -0.3 is 15.6 Å². The van der Waals surface area contributed by atoms with Gasteiger partial charge in [0.1, 0.15) is 11.5 Å². The van der Waals surface area contributed by atoms with E-state index < -0.39 is 12.0 Å². The molecule has 0 unspecified atom stereocenters. The molecule has 0 atom stereocenters. The number of halogens is 1. The first kappa shape index (κ1) is 18.8. The number of nitrogen functional groups attached to an aromatic ring is 1. The number of hydrogen-bond donors (Lipinski definition) is 2. The zero-order valence-corrected chi connectivity index (χ0v) is 15.8. The van der Waals surface area contributed by atoms with Crippen molar-refractivity contribution >= 4 is 34.5 Å². The number of nitrogens with zero attached hydrogens (tertiary/aromatic N) is 1. The van der Waals surface area contributed by atoms with Gasteiger partial charge in [0, 0.05) is 20.7 Å². The highest BCUT2D eigenvalue weighted by Crippen LogP contribution is 2.39. The van der Waals surface area contributed by atoms with E-state index in [0.29, 0.717) is 16.8 Å². The molecular weight excluding hydrogens is 391 g/mol. The molecule has 0 radical (unpaired) electrons. The van der Waals surface area contributed by atoms with Gasteiger partial charge in [-0.1, -0.05) is 42.1 Å². The number of anilines is 1. The van der Waals surface area contributed by atoms with Gasteiger partial charge in [-0.2, -0.15) is 0 Å². The zero-order valence-electron chi connectivity index (χ0n) is 15.0. The third-order valence-corrected chi connectivity index (χ3v) is 5.25. The summed E-state index contributed by atoms with van der Waals surface area (Å²) in [5, 5.41) is 9.26. The van der Waals surface area contributed by atoms with E-state index in [1.807, 2.05) is 54.6 Å². The Morgan fingerprint density at radius 2 is 1.69 bits per heavy atom. The first-order chi connectivity index (χ1) is 14.0. The third kappa shape index (κ3) is 4.00. The van der Waals surface area contributed by atoms with E-state index in [1.165, 1.54) is 12.1 Å². The van der Waals surface area contributed by atoms with Crippen LogP contribution in [0.3, 0.4) is 0 Å². The fourth-order valence-electron chi connectivity index (χ4n) is 2.94. The Morgan fingerprint density at radius 3 is 2.38 bits per heavy atom. The van der Waals surface area contributed by atoms with Gasteiger partial charge in [0.05, 0.1) is 11.2 Å². The first-order valence-electron chi connectivity index (χ1n) is 8.64. The van der Waals surface area contributed by atoms with Crippen molar-refractivity contribution in [1.29, 1.82) is 0 Å². The van der Waals surface area contributed by atoms with Crippen LogP contribution < -0.4 is 10.5 Å². The van der Waals surface area contributed by atoms with Gasteiger partial charge in [0.25, 0.3) is 0 Å². The van der Waals surface area contributed by atoms with Gasteiger partial charge in [0.2, 0.25) is 0 Å². The number of aromatic nitrogens is 1. The monoisotopic (exact) mass is 406 g/mol. The van der Waals surface area contributed by atoms with Gasteiger partial charge in [-0.3, -0.25) is 0 Å². The predicted octanol–water partition coefficient (Wildman–Crippen LogP) is 5.83. The summed E-state index contributed by atoms with van der Waals surface area (Å²) < 4.78 is 18.5. The highest BCUT2D eigenvalue weighted by atomic mass is 32.2. The van der Waals surface area contributed by atoms with Gasteiger partial charge >= 0.3 is 6.16 Å². The number of carbonyl (C=O) groups is 1. The Labute approximate surface area is 170 Å². The molecule has 29 heavy (non-hydrogen) atoms. The van der Waals surface area contributed by atoms with E-state index in [9.17, 15) is 9.18 Å². The third-order valence-electron chi connectivity index (χ3n) is 4.23. The summed E-state index contributed by atoms with van der Waals surface area (Å²) in [6, 6.07) is 21.4. The number of nitrogens with two attached hydrogens (primary N) is 1. The minimum Gasteiger partial charge on any atom is -0.449 e. The van der Waals surface area contributed by atoms with Crippen LogP contribution >= 0.6 is 11.8 Å². The molecule has 144 valence electrons. The number of carboxylic acid groups (broad SMARTS) is 1. The highest BCUT2D eigenvalue weighted by molar-refractivity contribution is 7.99. The fourth-order valence-corrected chi connectivity index (χ4v) is 3.78. The summed E-state index contributed by atoms with van der Waals surface area (Å²) in [6.07, 6.45) is -1.53. The van der Waals surface area contributed by atoms with Crippen molar-refractivity contribution in [3.8, 4) is 17.0 Å². The molecule has 0 fully saturated rings. The predicted molar refractivity (Wildman–Crippen MR) is 111 cm³/mol. The Kier molecular flexibility index (Phi) is 5.05. The molecule has 0 saturated carbocycles. The van der Waals surface area contributed by atoms with Gasteiger partial charge in [-0.25, -0.2) is 14.2 Å². The van der Waals surface area contributed by atoms with E-state index in [2.05, 4.69) is 4.98 Å². The van der Waals surface area contributed by atoms with Gasteiger partial charge in [-0.15, -0.1) is 0 Å². The second-order valence-electron chi connectivity index (χ2n) is 6.17. The van der Waals surface area contributed by atoms with E-state index in [-0.39, 0.29) is 16.8 Å². The lowest BCUT2D eigenvalue weighted by Crippen LogP contribution is -2.08. The van der Waals surface area contributed by atoms with Crippen molar-refractivity contribution in [2.24, 2.45) is 0 Å². The van der Waals surface area contributed by atoms with Crippen molar-refractivity contribution in [3.63, 3.8) is 0 Å². The number of hydrogen-bond acceptors (Lipinski definition) is 5. The largest absolute Gasteiger partial charge is 0.511 e. The molecule has 0 aliphatic rings. The van der Waals surface area contributed by atoms with E-state index in [0.717, 1.165) is 15.9 Å². The Balaban J connectivity index is 1.76. The van der Waals surface area contributed by atoms with E-state index in [1.54, 1.807) is 11.8 Å². The maximum atomic E-state index is 13.7. The molecule has 3 N–H and O–H groups in total. The quantitative estimate of drug-likeness (QED) is 0.415. The average molecular weight is 406 g/mol. The number of fused-ring (bicyclic) bond motifs is 1. The van der Waals surface area contributed by atoms with Crippen molar-refractivity contribution in [1.82, 2.24) is 4.98 Å². The number of benzene rings is 3. The summed E-state index contributed by atoms with van der Waals surface area (Å²) in [5.74, 6) is -0.663. The Hall–Kier alpha value is -3.58. The zero-order chi connectivity index (χ0) is 20.4. The molecule has 1 aromatic heterocycles. The summed E-state index contributed by atoms with van der Waals surface area (Å²) >= 11 is 1.62. The van der Waals surface area contributed by atoms with Crippen LogP contribution in [0.25, 0.3) is 22.2 Å².